The molecule has 0 saturated carbocycles. The predicted molar refractivity (Wildman–Crippen MR) is 56.0 cm³/mol. The first kappa shape index (κ1) is 10.3. The third-order valence-electron chi connectivity index (χ3n) is 2.43. The molecule has 0 atom stereocenters. The Kier molecular flexibility index (Phi) is 3.97. The van der Waals surface area contributed by atoms with E-state index in [1.54, 1.807) is 0 Å². The zero-order valence-electron chi connectivity index (χ0n) is 8.51. The van der Waals surface area contributed by atoms with Gasteiger partial charge in [0.05, 0.1) is 0 Å². The van der Waals surface area contributed by atoms with Gasteiger partial charge in [-0.2, -0.15) is 0 Å². The van der Waals surface area contributed by atoms with Gasteiger partial charge in [-0.1, -0.05) is 32.0 Å². The van der Waals surface area contributed by atoms with Crippen molar-refractivity contribution in [3.05, 3.63) is 34.9 Å². The molecule has 0 heterocycles. The lowest BCUT2D eigenvalue weighted by atomic mass is 9.99. The van der Waals surface area contributed by atoms with Crippen molar-refractivity contribution in [2.24, 2.45) is 0 Å². The average Bonchev–Trinajstić information content (AvgIpc) is 2.18. The van der Waals surface area contributed by atoms with Gasteiger partial charge in [-0.25, -0.2) is 0 Å². The molecule has 1 aromatic rings. The Balaban J connectivity index is 2.91. The van der Waals surface area contributed by atoms with E-state index in [0.717, 1.165) is 19.3 Å². The minimum atomic E-state index is 0.245. The summed E-state index contributed by atoms with van der Waals surface area (Å²) in [5.41, 5.74) is 4.11. The number of rotatable bonds is 4. The summed E-state index contributed by atoms with van der Waals surface area (Å²) in [4.78, 5) is 0. The average molecular weight is 178 g/mol. The second-order valence-electron chi connectivity index (χ2n) is 3.28. The van der Waals surface area contributed by atoms with Crippen LogP contribution in [0.2, 0.25) is 0 Å². The van der Waals surface area contributed by atoms with E-state index < -0.39 is 0 Å². The second kappa shape index (κ2) is 5.03. The highest BCUT2D eigenvalue weighted by Crippen LogP contribution is 2.13. The first-order chi connectivity index (χ1) is 6.31. The standard InChI is InChI=1S/C12H18O/c1-3-11-6-5-10(7-8-13)9-12(11)4-2/h5-6,9,13H,3-4,7-8H2,1-2H3. The van der Waals surface area contributed by atoms with Gasteiger partial charge in [-0.3, -0.25) is 0 Å². The predicted octanol–water partition coefficient (Wildman–Crippen LogP) is 2.35. The summed E-state index contributed by atoms with van der Waals surface area (Å²) >= 11 is 0. The van der Waals surface area contributed by atoms with Crippen LogP contribution in [0.15, 0.2) is 18.2 Å². The van der Waals surface area contributed by atoms with Crippen molar-refractivity contribution in [3.8, 4) is 0 Å². The Bertz CT molecular complexity index is 266. The van der Waals surface area contributed by atoms with Crippen LogP contribution in [0, 0.1) is 0 Å². The molecule has 0 aliphatic rings. The minimum Gasteiger partial charge on any atom is -0.396 e. The molecule has 72 valence electrons. The highest BCUT2D eigenvalue weighted by Gasteiger charge is 1.99. The minimum absolute atomic E-state index is 0.245. The van der Waals surface area contributed by atoms with Crippen LogP contribution >= 0.6 is 0 Å². The molecule has 0 unspecified atom stereocenters. The monoisotopic (exact) mass is 178 g/mol. The highest BCUT2D eigenvalue weighted by atomic mass is 16.2. The van der Waals surface area contributed by atoms with Crippen molar-refractivity contribution >= 4 is 0 Å². The molecule has 0 amide bonds. The number of aliphatic hydroxyl groups excluding tert-OH is 1. The molecule has 0 saturated heterocycles. The van der Waals surface area contributed by atoms with Crippen LogP contribution in [0.4, 0.5) is 0 Å². The van der Waals surface area contributed by atoms with Gasteiger partial charge in [0, 0.05) is 6.61 Å². The fourth-order valence-electron chi connectivity index (χ4n) is 1.64. The van der Waals surface area contributed by atoms with Crippen molar-refractivity contribution < 1.29 is 5.11 Å². The number of hydrogen-bond donors (Lipinski definition) is 1. The van der Waals surface area contributed by atoms with Crippen molar-refractivity contribution in [2.45, 2.75) is 33.1 Å². The fraction of sp³-hybridized carbons (Fsp3) is 0.500. The van der Waals surface area contributed by atoms with E-state index in [4.69, 9.17) is 5.11 Å². The van der Waals surface area contributed by atoms with E-state index in [-0.39, 0.29) is 6.61 Å². The molecule has 1 heteroatoms. The molecular weight excluding hydrogens is 160 g/mol. The van der Waals surface area contributed by atoms with Crippen LogP contribution in [0.3, 0.4) is 0 Å². The van der Waals surface area contributed by atoms with E-state index in [1.807, 2.05) is 0 Å². The van der Waals surface area contributed by atoms with E-state index >= 15 is 0 Å². The van der Waals surface area contributed by atoms with Crippen LogP contribution in [0.5, 0.6) is 0 Å². The smallest absolute Gasteiger partial charge is 0.0471 e. The summed E-state index contributed by atoms with van der Waals surface area (Å²) in [5.74, 6) is 0. The molecule has 0 radical (unpaired) electrons. The number of aryl methyl sites for hydroxylation is 2. The molecule has 13 heavy (non-hydrogen) atoms. The Hall–Kier alpha value is -0.820. The van der Waals surface area contributed by atoms with Gasteiger partial charge in [0.2, 0.25) is 0 Å². The van der Waals surface area contributed by atoms with E-state index in [1.165, 1.54) is 16.7 Å². The third-order valence-corrected chi connectivity index (χ3v) is 2.43. The number of aliphatic hydroxyl groups is 1. The second-order valence-corrected chi connectivity index (χ2v) is 3.28. The molecule has 1 aromatic carbocycles. The molecule has 1 nitrogen and oxygen atoms in total. The van der Waals surface area contributed by atoms with Crippen LogP contribution < -0.4 is 0 Å². The number of benzene rings is 1. The summed E-state index contributed by atoms with van der Waals surface area (Å²) in [6.07, 6.45) is 2.96. The Morgan fingerprint density at radius 1 is 1.08 bits per heavy atom. The van der Waals surface area contributed by atoms with E-state index in [0.29, 0.717) is 0 Å². The molecule has 0 aliphatic carbocycles. The maximum absolute atomic E-state index is 8.81. The van der Waals surface area contributed by atoms with Gasteiger partial charge < -0.3 is 5.11 Å². The molecular formula is C12H18O. The van der Waals surface area contributed by atoms with Crippen LogP contribution in [-0.2, 0) is 19.3 Å². The fourth-order valence-corrected chi connectivity index (χ4v) is 1.64. The molecule has 1 N–H and O–H groups in total. The number of hydrogen-bond acceptors (Lipinski definition) is 1. The highest BCUT2D eigenvalue weighted by molar-refractivity contribution is 5.32. The normalized spacial score (nSPS) is 10.4. The van der Waals surface area contributed by atoms with Crippen LogP contribution in [0.25, 0.3) is 0 Å². The summed E-state index contributed by atoms with van der Waals surface area (Å²) in [5, 5.41) is 8.81. The van der Waals surface area contributed by atoms with E-state index in [9.17, 15) is 0 Å². The largest absolute Gasteiger partial charge is 0.396 e. The lowest BCUT2D eigenvalue weighted by molar-refractivity contribution is 0.299. The van der Waals surface area contributed by atoms with Gasteiger partial charge in [-0.05, 0) is 36.0 Å². The van der Waals surface area contributed by atoms with Gasteiger partial charge in [0.1, 0.15) is 0 Å². The third kappa shape index (κ3) is 2.56. The molecule has 0 aliphatic heterocycles. The van der Waals surface area contributed by atoms with Gasteiger partial charge in [0.15, 0.2) is 0 Å². The van der Waals surface area contributed by atoms with Crippen molar-refractivity contribution in [1.29, 1.82) is 0 Å². The van der Waals surface area contributed by atoms with Gasteiger partial charge >= 0.3 is 0 Å². The Labute approximate surface area is 80.4 Å². The Morgan fingerprint density at radius 2 is 1.77 bits per heavy atom. The first-order valence-corrected chi connectivity index (χ1v) is 5.03. The Morgan fingerprint density at radius 3 is 2.31 bits per heavy atom. The van der Waals surface area contributed by atoms with Gasteiger partial charge in [-0.15, -0.1) is 0 Å². The van der Waals surface area contributed by atoms with Gasteiger partial charge in [0.25, 0.3) is 0 Å². The topological polar surface area (TPSA) is 20.2 Å². The SMILES string of the molecule is CCc1ccc(CCO)cc1CC. The maximum atomic E-state index is 8.81. The molecule has 0 aromatic heterocycles. The van der Waals surface area contributed by atoms with Crippen LogP contribution in [-0.4, -0.2) is 11.7 Å². The van der Waals surface area contributed by atoms with Crippen LogP contribution in [0.1, 0.15) is 30.5 Å². The summed E-state index contributed by atoms with van der Waals surface area (Å²) in [6.45, 7) is 4.60. The molecule has 0 spiro atoms. The van der Waals surface area contributed by atoms with Crippen molar-refractivity contribution in [1.82, 2.24) is 0 Å². The molecule has 0 fully saturated rings. The summed E-state index contributed by atoms with van der Waals surface area (Å²) in [7, 11) is 0. The molecule has 1 rings (SSSR count). The lowest BCUT2D eigenvalue weighted by Gasteiger charge is -2.07. The van der Waals surface area contributed by atoms with E-state index in [2.05, 4.69) is 32.0 Å². The van der Waals surface area contributed by atoms with Crippen molar-refractivity contribution in [2.75, 3.05) is 6.61 Å². The lowest BCUT2D eigenvalue weighted by Crippen LogP contribution is -1.96. The maximum Gasteiger partial charge on any atom is 0.0471 e. The summed E-state index contributed by atoms with van der Waals surface area (Å²) in [6, 6.07) is 6.52. The summed E-state index contributed by atoms with van der Waals surface area (Å²) < 4.78 is 0. The van der Waals surface area contributed by atoms with Crippen molar-refractivity contribution in [3.63, 3.8) is 0 Å². The molecule has 0 bridgehead atoms. The zero-order chi connectivity index (χ0) is 9.68. The quantitative estimate of drug-likeness (QED) is 0.750. The zero-order valence-corrected chi connectivity index (χ0v) is 8.51. The first-order valence-electron chi connectivity index (χ1n) is 5.03.